The van der Waals surface area contributed by atoms with Crippen molar-refractivity contribution in [3.8, 4) is 0 Å². The summed E-state index contributed by atoms with van der Waals surface area (Å²) in [5.41, 5.74) is 0. The molecule has 0 aliphatic heterocycles. The number of nitrogens with zero attached hydrogens (tertiary/aromatic N) is 1. The average molecular weight is 235 g/mol. The van der Waals surface area contributed by atoms with Crippen LogP contribution in [0.1, 0.15) is 42.0 Å². The highest BCUT2D eigenvalue weighted by molar-refractivity contribution is 5.84. The Labute approximate surface area is 100 Å². The summed E-state index contributed by atoms with van der Waals surface area (Å²) < 4.78 is 5.31. The minimum Gasteiger partial charge on any atom is -0.475 e. The number of carboxylic acid groups (broad SMARTS) is 1. The minimum absolute atomic E-state index is 0.0437. The fraction of sp³-hybridized carbons (Fsp3) is 0.615. The Morgan fingerprint density at radius 2 is 2.12 bits per heavy atom. The van der Waals surface area contributed by atoms with Gasteiger partial charge in [-0.15, -0.1) is 0 Å². The van der Waals surface area contributed by atoms with Crippen molar-refractivity contribution < 1.29 is 14.3 Å². The fourth-order valence-corrected chi connectivity index (χ4v) is 2.19. The Morgan fingerprint density at radius 3 is 2.65 bits per heavy atom. The Hall–Kier alpha value is -1.29. The van der Waals surface area contributed by atoms with Gasteiger partial charge in [-0.1, -0.05) is 0 Å². The predicted molar refractivity (Wildman–Crippen MR) is 61.8 cm³/mol. The lowest BCUT2D eigenvalue weighted by Crippen LogP contribution is -2.27. The third-order valence-corrected chi connectivity index (χ3v) is 3.48. The molecule has 3 rings (SSSR count). The van der Waals surface area contributed by atoms with Crippen LogP contribution in [0, 0.1) is 5.92 Å². The largest absolute Gasteiger partial charge is 0.475 e. The lowest BCUT2D eigenvalue weighted by Gasteiger charge is -2.20. The summed E-state index contributed by atoms with van der Waals surface area (Å²) >= 11 is 0. The lowest BCUT2D eigenvalue weighted by molar-refractivity contribution is 0.0658. The normalized spacial score (nSPS) is 19.8. The smallest absolute Gasteiger partial charge is 0.371 e. The zero-order valence-corrected chi connectivity index (χ0v) is 9.76. The van der Waals surface area contributed by atoms with Crippen molar-refractivity contribution in [2.24, 2.45) is 5.92 Å². The molecule has 2 aliphatic carbocycles. The molecule has 2 saturated carbocycles. The number of hydrogen-bond donors (Lipinski definition) is 1. The third kappa shape index (κ3) is 2.69. The molecule has 0 saturated heterocycles. The maximum atomic E-state index is 10.7. The van der Waals surface area contributed by atoms with Gasteiger partial charge in [0.1, 0.15) is 5.76 Å². The van der Waals surface area contributed by atoms with Crippen LogP contribution in [0.4, 0.5) is 0 Å². The van der Waals surface area contributed by atoms with Gasteiger partial charge >= 0.3 is 5.97 Å². The molecule has 1 N–H and O–H groups in total. The Balaban J connectivity index is 1.63. The maximum absolute atomic E-state index is 10.7. The van der Waals surface area contributed by atoms with E-state index in [9.17, 15) is 4.79 Å². The van der Waals surface area contributed by atoms with Crippen LogP contribution >= 0.6 is 0 Å². The number of carboxylic acids is 1. The van der Waals surface area contributed by atoms with Crippen molar-refractivity contribution >= 4 is 5.97 Å². The van der Waals surface area contributed by atoms with Gasteiger partial charge in [-0.3, -0.25) is 4.90 Å². The molecule has 1 aromatic heterocycles. The van der Waals surface area contributed by atoms with E-state index in [1.165, 1.54) is 25.7 Å². The molecule has 92 valence electrons. The lowest BCUT2D eigenvalue weighted by atomic mass is 10.3. The van der Waals surface area contributed by atoms with Gasteiger partial charge in [0, 0.05) is 12.6 Å². The molecule has 0 unspecified atom stereocenters. The van der Waals surface area contributed by atoms with Gasteiger partial charge in [0.05, 0.1) is 6.54 Å². The number of hydrogen-bond acceptors (Lipinski definition) is 3. The minimum atomic E-state index is -0.989. The first-order valence-electron chi connectivity index (χ1n) is 6.28. The average Bonchev–Trinajstić information content (AvgIpc) is 3.17. The zero-order chi connectivity index (χ0) is 11.8. The van der Waals surface area contributed by atoms with Crippen molar-refractivity contribution in [1.29, 1.82) is 0 Å². The molecule has 0 bridgehead atoms. The molecule has 17 heavy (non-hydrogen) atoms. The summed E-state index contributed by atoms with van der Waals surface area (Å²) in [4.78, 5) is 13.2. The van der Waals surface area contributed by atoms with Crippen LogP contribution < -0.4 is 0 Å². The summed E-state index contributed by atoms with van der Waals surface area (Å²) in [6.45, 7) is 1.90. The summed E-state index contributed by atoms with van der Waals surface area (Å²) in [5.74, 6) is 0.693. The van der Waals surface area contributed by atoms with Gasteiger partial charge in [0.25, 0.3) is 0 Å². The van der Waals surface area contributed by atoms with Crippen LogP contribution in [0.2, 0.25) is 0 Å². The van der Waals surface area contributed by atoms with Crippen LogP contribution in [0.15, 0.2) is 16.5 Å². The molecule has 1 heterocycles. The van der Waals surface area contributed by atoms with Crippen LogP contribution in [-0.2, 0) is 6.54 Å². The van der Waals surface area contributed by atoms with Crippen LogP contribution in [-0.4, -0.2) is 28.6 Å². The highest BCUT2D eigenvalue weighted by Crippen LogP contribution is 2.35. The van der Waals surface area contributed by atoms with E-state index in [-0.39, 0.29) is 5.76 Å². The molecule has 0 aromatic carbocycles. The molecule has 0 radical (unpaired) electrons. The number of aromatic carboxylic acids is 1. The third-order valence-electron chi connectivity index (χ3n) is 3.48. The Kier molecular flexibility index (Phi) is 2.67. The second-order valence-electron chi connectivity index (χ2n) is 5.18. The maximum Gasteiger partial charge on any atom is 0.371 e. The highest BCUT2D eigenvalue weighted by Gasteiger charge is 2.34. The molecule has 2 aliphatic rings. The van der Waals surface area contributed by atoms with E-state index in [1.807, 2.05) is 0 Å². The SMILES string of the molecule is O=C(O)c1ccc(CN(CC2CC2)C2CC2)o1. The molecule has 0 atom stereocenters. The monoisotopic (exact) mass is 235 g/mol. The van der Waals surface area contributed by atoms with Gasteiger partial charge in [-0.2, -0.15) is 0 Å². The van der Waals surface area contributed by atoms with Gasteiger partial charge in [-0.05, 0) is 43.7 Å². The van der Waals surface area contributed by atoms with Gasteiger partial charge < -0.3 is 9.52 Å². The van der Waals surface area contributed by atoms with E-state index in [1.54, 1.807) is 12.1 Å². The van der Waals surface area contributed by atoms with E-state index < -0.39 is 5.97 Å². The molecule has 0 amide bonds. The fourth-order valence-electron chi connectivity index (χ4n) is 2.19. The second kappa shape index (κ2) is 4.18. The van der Waals surface area contributed by atoms with E-state index in [2.05, 4.69) is 4.90 Å². The first-order valence-corrected chi connectivity index (χ1v) is 6.28. The molecule has 2 fully saturated rings. The Bertz CT molecular complexity index is 418. The molecule has 0 spiro atoms. The van der Waals surface area contributed by atoms with Crippen molar-refractivity contribution in [2.45, 2.75) is 38.3 Å². The molecular formula is C13H17NO3. The summed E-state index contributed by atoms with van der Waals surface area (Å²) in [7, 11) is 0. The summed E-state index contributed by atoms with van der Waals surface area (Å²) in [5, 5.41) is 8.80. The van der Waals surface area contributed by atoms with Crippen molar-refractivity contribution in [1.82, 2.24) is 4.90 Å². The van der Waals surface area contributed by atoms with Crippen molar-refractivity contribution in [2.75, 3.05) is 6.54 Å². The van der Waals surface area contributed by atoms with E-state index >= 15 is 0 Å². The van der Waals surface area contributed by atoms with Crippen LogP contribution in [0.25, 0.3) is 0 Å². The van der Waals surface area contributed by atoms with E-state index in [0.717, 1.165) is 24.8 Å². The topological polar surface area (TPSA) is 53.7 Å². The van der Waals surface area contributed by atoms with Crippen molar-refractivity contribution in [3.63, 3.8) is 0 Å². The van der Waals surface area contributed by atoms with Crippen LogP contribution in [0.3, 0.4) is 0 Å². The highest BCUT2D eigenvalue weighted by atomic mass is 16.4. The quantitative estimate of drug-likeness (QED) is 0.822. The van der Waals surface area contributed by atoms with Crippen molar-refractivity contribution in [3.05, 3.63) is 23.7 Å². The first kappa shape index (κ1) is 10.8. The second-order valence-corrected chi connectivity index (χ2v) is 5.18. The van der Waals surface area contributed by atoms with Gasteiger partial charge in [0.2, 0.25) is 5.76 Å². The van der Waals surface area contributed by atoms with Crippen LogP contribution in [0.5, 0.6) is 0 Å². The standard InChI is InChI=1S/C13H17NO3/c15-13(16)12-6-5-11(17-12)8-14(10-3-4-10)7-9-1-2-9/h5-6,9-10H,1-4,7-8H2,(H,15,16). The summed E-state index contributed by atoms with van der Waals surface area (Å²) in [6, 6.07) is 4.03. The van der Waals surface area contributed by atoms with Gasteiger partial charge in [0.15, 0.2) is 0 Å². The predicted octanol–water partition coefficient (Wildman–Crippen LogP) is 2.35. The summed E-state index contributed by atoms with van der Waals surface area (Å²) in [6.07, 6.45) is 5.25. The molecule has 4 heteroatoms. The number of rotatable bonds is 6. The molecule has 1 aromatic rings. The van der Waals surface area contributed by atoms with E-state index in [4.69, 9.17) is 9.52 Å². The van der Waals surface area contributed by atoms with E-state index in [0.29, 0.717) is 6.04 Å². The number of furan rings is 1. The number of carbonyl (C=O) groups is 1. The van der Waals surface area contributed by atoms with Gasteiger partial charge in [-0.25, -0.2) is 4.79 Å². The first-order chi connectivity index (χ1) is 8.22. The molecular weight excluding hydrogens is 218 g/mol. The molecule has 4 nitrogen and oxygen atoms in total. The zero-order valence-electron chi connectivity index (χ0n) is 9.76. The Morgan fingerprint density at radius 1 is 1.35 bits per heavy atom.